The molecule has 1 unspecified atom stereocenters. The van der Waals surface area contributed by atoms with E-state index >= 15 is 0 Å². The van der Waals surface area contributed by atoms with Crippen LogP contribution in [0.4, 0.5) is 0 Å². The van der Waals surface area contributed by atoms with Gasteiger partial charge < -0.3 is 4.74 Å². The highest BCUT2D eigenvalue weighted by Crippen LogP contribution is 2.41. The maximum atomic E-state index is 5.81. The molecule has 0 radical (unpaired) electrons. The monoisotopic (exact) mass is 326 g/mol. The van der Waals surface area contributed by atoms with E-state index < -0.39 is 0 Å². The molecule has 0 aromatic heterocycles. The van der Waals surface area contributed by atoms with Gasteiger partial charge in [-0.1, -0.05) is 35.7 Å². The quantitative estimate of drug-likeness (QED) is 0.643. The van der Waals surface area contributed by atoms with E-state index in [0.29, 0.717) is 11.5 Å². The summed E-state index contributed by atoms with van der Waals surface area (Å²) in [6, 6.07) is 6.40. The van der Waals surface area contributed by atoms with Crippen molar-refractivity contribution in [1.82, 2.24) is 5.43 Å². The van der Waals surface area contributed by atoms with Crippen molar-refractivity contribution in [3.05, 3.63) is 28.2 Å². The van der Waals surface area contributed by atoms with Crippen molar-refractivity contribution in [2.24, 2.45) is 11.3 Å². The second-order valence-electron chi connectivity index (χ2n) is 5.74. The van der Waals surface area contributed by atoms with Crippen molar-refractivity contribution in [3.8, 4) is 5.75 Å². The van der Waals surface area contributed by atoms with Gasteiger partial charge in [-0.05, 0) is 48.4 Å². The molecule has 0 heterocycles. The first-order valence-corrected chi connectivity index (χ1v) is 7.67. The molecule has 4 heteroatoms. The summed E-state index contributed by atoms with van der Waals surface area (Å²) in [5.41, 5.74) is 4.58. The third-order valence-corrected chi connectivity index (χ3v) is 5.24. The molecule has 1 atom stereocenters. The van der Waals surface area contributed by atoms with Crippen LogP contribution in [0.15, 0.2) is 22.7 Å². The van der Waals surface area contributed by atoms with Gasteiger partial charge in [0.15, 0.2) is 0 Å². The Morgan fingerprint density at radius 1 is 1.42 bits per heavy atom. The fourth-order valence-corrected chi connectivity index (χ4v) is 3.50. The highest BCUT2D eigenvalue weighted by atomic mass is 79.9. The molecule has 19 heavy (non-hydrogen) atoms. The molecule has 1 aliphatic rings. The van der Waals surface area contributed by atoms with E-state index in [1.807, 2.05) is 12.1 Å². The summed E-state index contributed by atoms with van der Waals surface area (Å²) < 4.78 is 6.42. The van der Waals surface area contributed by atoms with Crippen LogP contribution in [-0.2, 0) is 6.42 Å². The maximum absolute atomic E-state index is 5.81. The van der Waals surface area contributed by atoms with Crippen LogP contribution in [0.3, 0.4) is 0 Å². The molecular formula is C15H23BrN2O. The molecule has 1 saturated carbocycles. The lowest BCUT2D eigenvalue weighted by Gasteiger charge is -2.34. The molecule has 0 aliphatic heterocycles. The normalized spacial score (nSPS) is 19.4. The zero-order valence-electron chi connectivity index (χ0n) is 11.7. The molecule has 1 fully saturated rings. The van der Waals surface area contributed by atoms with Crippen molar-refractivity contribution in [2.75, 3.05) is 7.11 Å². The lowest BCUT2D eigenvalue weighted by molar-refractivity contribution is 0.220. The number of hydrogen-bond acceptors (Lipinski definition) is 3. The van der Waals surface area contributed by atoms with Crippen LogP contribution in [-0.4, -0.2) is 13.2 Å². The summed E-state index contributed by atoms with van der Waals surface area (Å²) in [5, 5.41) is 0. The van der Waals surface area contributed by atoms with Crippen LogP contribution in [0.1, 0.15) is 38.2 Å². The average Bonchev–Trinajstić information content (AvgIpc) is 2.85. The Labute approximate surface area is 124 Å². The molecule has 1 aromatic carbocycles. The summed E-state index contributed by atoms with van der Waals surface area (Å²) in [4.78, 5) is 0. The predicted octanol–water partition coefficient (Wildman–Crippen LogP) is 3.41. The molecular weight excluding hydrogens is 304 g/mol. The highest BCUT2D eigenvalue weighted by molar-refractivity contribution is 9.10. The molecule has 1 aromatic rings. The van der Waals surface area contributed by atoms with Crippen LogP contribution in [0.5, 0.6) is 5.75 Å². The van der Waals surface area contributed by atoms with Gasteiger partial charge >= 0.3 is 0 Å². The van der Waals surface area contributed by atoms with E-state index in [2.05, 4.69) is 34.3 Å². The second-order valence-corrected chi connectivity index (χ2v) is 6.60. The number of benzene rings is 1. The van der Waals surface area contributed by atoms with Gasteiger partial charge in [0.1, 0.15) is 5.75 Å². The molecule has 3 N–H and O–H groups in total. The zero-order valence-corrected chi connectivity index (χ0v) is 13.3. The van der Waals surface area contributed by atoms with E-state index in [-0.39, 0.29) is 0 Å². The van der Waals surface area contributed by atoms with E-state index in [1.54, 1.807) is 7.11 Å². The Hall–Kier alpha value is -0.580. The smallest absolute Gasteiger partial charge is 0.119 e. The standard InChI is InChI=1S/C15H23BrN2O/c1-15(7-3-4-8-15)14(18-17)10-11-9-12(19-2)5-6-13(11)16/h5-6,9,14,18H,3-4,7-8,10,17H2,1-2H3. The third-order valence-electron chi connectivity index (χ3n) is 4.47. The van der Waals surface area contributed by atoms with Crippen molar-refractivity contribution in [2.45, 2.75) is 45.1 Å². The lowest BCUT2D eigenvalue weighted by Crippen LogP contribution is -2.47. The van der Waals surface area contributed by atoms with Crippen molar-refractivity contribution < 1.29 is 4.74 Å². The molecule has 0 spiro atoms. The zero-order chi connectivity index (χ0) is 13.9. The minimum Gasteiger partial charge on any atom is -0.497 e. The molecule has 0 saturated heterocycles. The first-order valence-electron chi connectivity index (χ1n) is 6.87. The second kappa shape index (κ2) is 6.25. The number of nitrogens with two attached hydrogens (primary N) is 1. The van der Waals surface area contributed by atoms with Crippen LogP contribution in [0.25, 0.3) is 0 Å². The average molecular weight is 327 g/mol. The summed E-state index contributed by atoms with van der Waals surface area (Å²) in [7, 11) is 1.70. The van der Waals surface area contributed by atoms with E-state index in [1.165, 1.54) is 31.2 Å². The SMILES string of the molecule is COc1ccc(Br)c(CC(NN)C2(C)CCCC2)c1. The van der Waals surface area contributed by atoms with Crippen molar-refractivity contribution >= 4 is 15.9 Å². The predicted molar refractivity (Wildman–Crippen MR) is 82.1 cm³/mol. The summed E-state index contributed by atoms with van der Waals surface area (Å²) in [6.07, 6.45) is 6.06. The van der Waals surface area contributed by atoms with Crippen LogP contribution < -0.4 is 16.0 Å². The van der Waals surface area contributed by atoms with Gasteiger partial charge in [0.2, 0.25) is 0 Å². The number of rotatable bonds is 5. The molecule has 2 rings (SSSR count). The molecule has 0 amide bonds. The van der Waals surface area contributed by atoms with Gasteiger partial charge in [-0.3, -0.25) is 11.3 Å². The number of hydrazine groups is 1. The third kappa shape index (κ3) is 3.30. The maximum Gasteiger partial charge on any atom is 0.119 e. The molecule has 106 valence electrons. The number of nitrogens with one attached hydrogen (secondary N) is 1. The van der Waals surface area contributed by atoms with Gasteiger partial charge in [0, 0.05) is 10.5 Å². The summed E-state index contributed by atoms with van der Waals surface area (Å²) in [6.45, 7) is 2.35. The number of ether oxygens (including phenoxy) is 1. The molecule has 1 aliphatic carbocycles. The van der Waals surface area contributed by atoms with E-state index in [4.69, 9.17) is 10.6 Å². The number of hydrogen-bond donors (Lipinski definition) is 2. The van der Waals surface area contributed by atoms with Crippen LogP contribution in [0.2, 0.25) is 0 Å². The van der Waals surface area contributed by atoms with Gasteiger partial charge in [0.05, 0.1) is 7.11 Å². The Balaban J connectivity index is 2.18. The fourth-order valence-electron chi connectivity index (χ4n) is 3.09. The largest absolute Gasteiger partial charge is 0.497 e. The fraction of sp³-hybridized carbons (Fsp3) is 0.600. The summed E-state index contributed by atoms with van der Waals surface area (Å²) >= 11 is 3.62. The number of methoxy groups -OCH3 is 1. The van der Waals surface area contributed by atoms with Gasteiger partial charge in [-0.2, -0.15) is 0 Å². The molecule has 0 bridgehead atoms. The van der Waals surface area contributed by atoms with Crippen molar-refractivity contribution in [1.29, 1.82) is 0 Å². The first kappa shape index (κ1) is 14.8. The number of halogens is 1. The van der Waals surface area contributed by atoms with Gasteiger partial charge in [-0.15, -0.1) is 0 Å². The van der Waals surface area contributed by atoms with Crippen LogP contribution in [0, 0.1) is 5.41 Å². The Morgan fingerprint density at radius 3 is 2.68 bits per heavy atom. The molecule has 3 nitrogen and oxygen atoms in total. The topological polar surface area (TPSA) is 47.3 Å². The first-order chi connectivity index (χ1) is 9.09. The lowest BCUT2D eigenvalue weighted by atomic mass is 9.78. The van der Waals surface area contributed by atoms with E-state index in [9.17, 15) is 0 Å². The minimum absolute atomic E-state index is 0.303. The Morgan fingerprint density at radius 2 is 2.11 bits per heavy atom. The van der Waals surface area contributed by atoms with E-state index in [0.717, 1.165) is 16.6 Å². The Bertz CT molecular complexity index is 430. The van der Waals surface area contributed by atoms with Gasteiger partial charge in [0.25, 0.3) is 0 Å². The van der Waals surface area contributed by atoms with Crippen LogP contribution >= 0.6 is 15.9 Å². The minimum atomic E-state index is 0.303. The van der Waals surface area contributed by atoms with Gasteiger partial charge in [-0.25, -0.2) is 0 Å². The summed E-state index contributed by atoms with van der Waals surface area (Å²) in [5.74, 6) is 6.70. The Kier molecular flexibility index (Phi) is 4.87. The van der Waals surface area contributed by atoms with Crippen molar-refractivity contribution in [3.63, 3.8) is 0 Å². The highest BCUT2D eigenvalue weighted by Gasteiger charge is 2.36.